The molecule has 0 aromatic heterocycles. The van der Waals surface area contributed by atoms with E-state index in [2.05, 4.69) is 22.9 Å². The van der Waals surface area contributed by atoms with E-state index in [0.29, 0.717) is 5.69 Å². The van der Waals surface area contributed by atoms with Crippen LogP contribution in [-0.4, -0.2) is 289 Å². The number of hydrogen-bond donors (Lipinski definition) is 18. The zero-order valence-corrected chi connectivity index (χ0v) is 55.7. The number of amides is 5. The number of phosphoric acid groups is 1. The smallest absolute Gasteiger partial charge is 0.474 e. The minimum atomic E-state index is -5.81. The molecule has 0 radical (unpaired) electrons. The minimum absolute atomic E-state index is 0.0420. The van der Waals surface area contributed by atoms with Crippen molar-refractivity contribution in [3.8, 4) is 0 Å². The number of hydrogen-bond acceptors (Lipinski definition) is 31. The molecule has 1 aromatic carbocycles. The lowest BCUT2D eigenvalue weighted by Gasteiger charge is -2.52. The van der Waals surface area contributed by atoms with Crippen LogP contribution < -0.4 is 33.2 Å². The third kappa shape index (κ3) is 22.2. The molecule has 5 saturated heterocycles. The lowest BCUT2D eigenvalue weighted by molar-refractivity contribution is -0.375. The average molecular weight is 1430 g/mol. The highest BCUT2D eigenvalue weighted by molar-refractivity contribution is 7.47. The van der Waals surface area contributed by atoms with Gasteiger partial charge in [0, 0.05) is 26.1 Å². The summed E-state index contributed by atoms with van der Waals surface area (Å²) in [5, 5.41) is 128. The van der Waals surface area contributed by atoms with E-state index < -0.39 is 222 Å². The number of unbranched alkanes of at least 4 members (excludes halogenated alkanes) is 9. The number of aliphatic hydroxyl groups excluding tert-OH is 9. The second-order valence-corrected chi connectivity index (χ2v) is 26.2. The minimum Gasteiger partial charge on any atom is -0.479 e. The third-order valence-electron chi connectivity index (χ3n) is 17.1. The number of anilines is 1. The van der Waals surface area contributed by atoms with Crippen LogP contribution in [0.25, 0.3) is 0 Å². The highest BCUT2D eigenvalue weighted by atomic mass is 31.2. The lowest BCUT2D eigenvalue weighted by atomic mass is 9.85. The van der Waals surface area contributed by atoms with Crippen LogP contribution in [0.15, 0.2) is 24.3 Å². The van der Waals surface area contributed by atoms with Crippen molar-refractivity contribution in [2.75, 3.05) is 38.3 Å². The number of nitrogens with one attached hydrogen (secondary N) is 3. The van der Waals surface area contributed by atoms with Gasteiger partial charge in [0.15, 0.2) is 62.0 Å². The number of primary amides is 3. The number of rotatable bonds is 37. The quantitative estimate of drug-likeness (QED) is 0.0219. The van der Waals surface area contributed by atoms with Crippen molar-refractivity contribution in [2.24, 2.45) is 17.2 Å². The number of phosphoric ester groups is 1. The number of carboxylic acids is 1. The van der Waals surface area contributed by atoms with Gasteiger partial charge in [-0.15, -0.1) is 0 Å². The number of benzene rings is 1. The summed E-state index contributed by atoms with van der Waals surface area (Å²) in [4.78, 5) is 87.5. The van der Waals surface area contributed by atoms with Gasteiger partial charge in [-0.25, -0.2) is 14.2 Å². The van der Waals surface area contributed by atoms with Crippen molar-refractivity contribution < 1.29 is 156 Å². The monoisotopic (exact) mass is 1430 g/mol. The molecule has 560 valence electrons. The number of aliphatic hydroxyl groups is 10. The number of carboxylic acid groups (broad SMARTS) is 1. The van der Waals surface area contributed by atoms with Crippen molar-refractivity contribution in [1.82, 2.24) is 10.6 Å². The van der Waals surface area contributed by atoms with Gasteiger partial charge in [0.1, 0.15) is 90.9 Å². The molecule has 5 aliphatic rings. The lowest BCUT2D eigenvalue weighted by Crippen LogP contribution is -2.72. The fraction of sp³-hybridized carbons (Fsp3) is 0.797. The predicted octanol–water partition coefficient (Wildman–Crippen LogP) is -4.94. The van der Waals surface area contributed by atoms with E-state index in [1.54, 1.807) is 0 Å². The molecule has 0 aliphatic carbocycles. The Morgan fingerprint density at radius 1 is 0.643 bits per heavy atom. The zero-order chi connectivity index (χ0) is 72.5. The van der Waals surface area contributed by atoms with Crippen molar-refractivity contribution in [2.45, 2.75) is 264 Å². The summed E-state index contributed by atoms with van der Waals surface area (Å²) in [6, 6.07) is 3.73. The van der Waals surface area contributed by atoms with Gasteiger partial charge in [0.2, 0.25) is 23.6 Å². The molecule has 39 heteroatoms. The maximum atomic E-state index is 14.0. The molecule has 6 rings (SSSR count). The van der Waals surface area contributed by atoms with Crippen LogP contribution in [0.3, 0.4) is 0 Å². The predicted molar refractivity (Wildman–Crippen MR) is 328 cm³/mol. The number of aliphatic carboxylic acids is 1. The molecule has 98 heavy (non-hydrogen) atoms. The first-order chi connectivity index (χ1) is 46.2. The summed E-state index contributed by atoms with van der Waals surface area (Å²) in [6.07, 6.45) is -36.4. The molecule has 5 heterocycles. The molecule has 38 nitrogen and oxygen atoms in total. The van der Waals surface area contributed by atoms with Gasteiger partial charge < -0.3 is 146 Å². The molecular formula is C59H97N6O32P. The Morgan fingerprint density at radius 3 is 1.74 bits per heavy atom. The summed E-state index contributed by atoms with van der Waals surface area (Å²) < 4.78 is 88.1. The standard InChI is InChI=1S/C59H97N6O32P/c1-6-7-8-9-10-11-12-13-14-15-16-29-17-19-30(20-18-29)63-21-22-85-33(52(79)80)25-87-98(83,84)97-57-47(48(96-58(62)81)59(5,82)49(95-57)51(61)78)94-54-35(65-28(4)68)38(71)45(32(90-54)24-86-55-42(75)39(72)36(69)31(23-66)89-55)92-53-34(64-27(3)67)37(70)44(26(2)88-53)91-56-43(76)40(73)41(74)46(93-56)50(60)77/h17-20,26,31-49,53-57,63,66,69-76,82H,6-16,21-25H2,1-5H3,(H2,60,77)(H2,61,78)(H2,62,81)(H,64,67)(H,65,68)(H,79,80)(H,83,84)/t26-,31-,32-,33-,34-,35-,36-,37-,38-,39+,40+,41-,42-,43-,44-,45-,46+,47-,48-,49-,53+,54+,55-,56-,57-,59?/m1/s1. The Morgan fingerprint density at radius 2 is 1.18 bits per heavy atom. The van der Waals surface area contributed by atoms with Gasteiger partial charge in [-0.2, -0.15) is 0 Å². The maximum absolute atomic E-state index is 14.0. The topological polar surface area (TPSA) is 596 Å². The highest BCUT2D eigenvalue weighted by Crippen LogP contribution is 2.49. The fourth-order valence-corrected chi connectivity index (χ4v) is 12.7. The third-order valence-corrected chi connectivity index (χ3v) is 18.0. The number of carbonyl (C=O) groups is 6. The van der Waals surface area contributed by atoms with E-state index in [-0.39, 0.29) is 13.2 Å². The van der Waals surface area contributed by atoms with Gasteiger partial charge in [-0.05, 0) is 44.4 Å². The summed E-state index contributed by atoms with van der Waals surface area (Å²) in [5.41, 5.74) is 15.3. The van der Waals surface area contributed by atoms with Gasteiger partial charge in [0.05, 0.1) is 32.5 Å². The van der Waals surface area contributed by atoms with Crippen LogP contribution in [0, 0.1) is 0 Å². The Hall–Kier alpha value is -5.05. The van der Waals surface area contributed by atoms with Crippen molar-refractivity contribution in [3.05, 3.63) is 29.8 Å². The summed E-state index contributed by atoms with van der Waals surface area (Å²) >= 11 is 0. The Labute approximate surface area is 563 Å². The van der Waals surface area contributed by atoms with Gasteiger partial charge in [0.25, 0.3) is 0 Å². The van der Waals surface area contributed by atoms with Crippen LogP contribution in [0.4, 0.5) is 10.5 Å². The molecule has 27 atom stereocenters. The fourth-order valence-electron chi connectivity index (χ4n) is 11.9. The van der Waals surface area contributed by atoms with E-state index in [1.807, 2.05) is 24.3 Å². The van der Waals surface area contributed by atoms with E-state index in [1.165, 1.54) is 58.3 Å². The maximum Gasteiger partial charge on any atom is 0.474 e. The molecule has 21 N–H and O–H groups in total. The van der Waals surface area contributed by atoms with Gasteiger partial charge in [-0.3, -0.25) is 28.2 Å². The van der Waals surface area contributed by atoms with E-state index in [9.17, 15) is 94.4 Å². The summed E-state index contributed by atoms with van der Waals surface area (Å²) in [7, 11) is -5.81. The zero-order valence-electron chi connectivity index (χ0n) is 54.8. The number of carbonyl (C=O) groups excluding carboxylic acids is 5. The SMILES string of the molecule is CCCCCCCCCCCCc1ccc(NCCO[C@H](COP(=O)(O)O[C@H]2O[C@H](C(N)=O)C(C)(O)[C@H](OC(N)=O)[C@H]2O[C@@H]2O[C@H](CO[C@@H]3O[C@H](CO)[C@@H](O)[C@H](O)[C@H]3O)[C@@H](O[C@@H]3O[C@H](C)[C@@H](O[C@@H]4O[C@H](C(N)=O)[C@H](O)[C@H](O)[C@H]4O)[C@H](O)[C@H]3NC(C)=O)[C@H](O)[C@H]2NC(C)=O)C(=O)O)cc1. The second-order valence-electron chi connectivity index (χ2n) is 24.8. The molecule has 1 aromatic rings. The summed E-state index contributed by atoms with van der Waals surface area (Å²) in [6.45, 7) is 2.66. The number of nitrogens with two attached hydrogens (primary N) is 3. The van der Waals surface area contributed by atoms with E-state index in [0.717, 1.165) is 45.6 Å². The molecule has 0 saturated carbocycles. The number of ether oxygens (including phenoxy) is 11. The van der Waals surface area contributed by atoms with Crippen molar-refractivity contribution >= 4 is 49.2 Å². The molecule has 5 fully saturated rings. The Kier molecular flexibility index (Phi) is 31.6. The molecule has 2 unspecified atom stereocenters. The molecule has 0 spiro atoms. The first kappa shape index (κ1) is 81.9. The molecule has 5 amide bonds. The first-order valence-corrected chi connectivity index (χ1v) is 33.8. The van der Waals surface area contributed by atoms with Crippen LogP contribution >= 0.6 is 7.82 Å². The normalized spacial score (nSPS) is 36.8. The van der Waals surface area contributed by atoms with Crippen LogP contribution in [0.5, 0.6) is 0 Å². The second kappa shape index (κ2) is 37.7. The average Bonchev–Trinajstić information content (AvgIpc) is 0.756. The van der Waals surface area contributed by atoms with E-state index >= 15 is 0 Å². The van der Waals surface area contributed by atoms with Crippen LogP contribution in [-0.2, 0) is 96.1 Å². The van der Waals surface area contributed by atoms with Crippen LogP contribution in [0.2, 0.25) is 0 Å². The van der Waals surface area contributed by atoms with Crippen LogP contribution in [0.1, 0.15) is 104 Å². The molecule has 5 aliphatic heterocycles. The largest absolute Gasteiger partial charge is 0.479 e. The highest BCUT2D eigenvalue weighted by Gasteiger charge is 2.62. The van der Waals surface area contributed by atoms with Crippen molar-refractivity contribution in [3.63, 3.8) is 0 Å². The Bertz CT molecular complexity index is 2770. The van der Waals surface area contributed by atoms with Crippen molar-refractivity contribution in [1.29, 1.82) is 0 Å². The first-order valence-electron chi connectivity index (χ1n) is 32.3. The van der Waals surface area contributed by atoms with E-state index in [4.69, 9.17) is 78.4 Å². The van der Waals surface area contributed by atoms with Gasteiger partial charge in [-0.1, -0.05) is 76.8 Å². The van der Waals surface area contributed by atoms with Gasteiger partial charge >= 0.3 is 19.9 Å². The number of aryl methyl sites for hydroxylation is 1. The molecular weight excluding hydrogens is 1340 g/mol. The molecule has 0 bridgehead atoms. The summed E-state index contributed by atoms with van der Waals surface area (Å²) in [5.74, 6) is -6.39. The Balaban J connectivity index is 1.24.